The zero-order valence-electron chi connectivity index (χ0n) is 19.9. The third-order valence-electron chi connectivity index (χ3n) is 5.90. The Morgan fingerprint density at radius 2 is 1.06 bits per heavy atom. The van der Waals surface area contributed by atoms with Gasteiger partial charge in [0, 0.05) is 65.6 Å². The fraction of sp³-hybridized carbons (Fsp3) is 0.0323. The van der Waals surface area contributed by atoms with Gasteiger partial charge in [0.25, 0.3) is 0 Å². The van der Waals surface area contributed by atoms with Gasteiger partial charge in [-0.25, -0.2) is 0 Å². The second-order valence-electron chi connectivity index (χ2n) is 7.61. The standard InChI is InChI=1S/C31H28Cl2N2/c1-9-17-25-21(13-5)29-27(19(11-3)23(33)15-7)30-28(20(12-4)24(16-8)34-30)26(31(29)35-25)18(10-2)22(32)14-6/h9-17,34-35H,2-8H2,1H3/b17-9-,22-18-,23-19-. The second kappa shape index (κ2) is 10.7. The Labute approximate surface area is 217 Å². The van der Waals surface area contributed by atoms with Crippen LogP contribution in [-0.2, 0) is 0 Å². The summed E-state index contributed by atoms with van der Waals surface area (Å²) >= 11 is 13.3. The van der Waals surface area contributed by atoms with Gasteiger partial charge >= 0.3 is 0 Å². The van der Waals surface area contributed by atoms with Crippen molar-refractivity contribution in [3.63, 3.8) is 0 Å². The lowest BCUT2D eigenvalue weighted by Crippen LogP contribution is -1.96. The van der Waals surface area contributed by atoms with E-state index < -0.39 is 0 Å². The van der Waals surface area contributed by atoms with E-state index in [0.29, 0.717) is 10.1 Å². The van der Waals surface area contributed by atoms with Crippen LogP contribution in [-0.4, -0.2) is 9.97 Å². The number of rotatable bonds is 10. The van der Waals surface area contributed by atoms with Crippen LogP contribution in [0, 0.1) is 0 Å². The molecule has 0 aliphatic rings. The number of nitrogens with one attached hydrogen (secondary N) is 2. The minimum absolute atomic E-state index is 0.470. The summed E-state index contributed by atoms with van der Waals surface area (Å²) in [5.74, 6) is 0. The Morgan fingerprint density at radius 1 is 0.629 bits per heavy atom. The van der Waals surface area contributed by atoms with E-state index in [1.807, 2.05) is 25.2 Å². The molecule has 0 atom stereocenters. The van der Waals surface area contributed by atoms with E-state index in [4.69, 9.17) is 23.2 Å². The predicted octanol–water partition coefficient (Wildman–Crippen LogP) is 10.3. The van der Waals surface area contributed by atoms with Crippen LogP contribution in [0.1, 0.15) is 40.6 Å². The Balaban J connectivity index is 2.94. The van der Waals surface area contributed by atoms with Gasteiger partial charge in [-0.15, -0.1) is 0 Å². The summed E-state index contributed by atoms with van der Waals surface area (Å²) in [6.45, 7) is 30.0. The van der Waals surface area contributed by atoms with Crippen molar-refractivity contribution < 1.29 is 0 Å². The van der Waals surface area contributed by atoms with Crippen LogP contribution in [0.4, 0.5) is 0 Å². The van der Waals surface area contributed by atoms with Crippen LogP contribution >= 0.6 is 23.2 Å². The number of H-pyrrole nitrogens is 2. The van der Waals surface area contributed by atoms with Crippen molar-refractivity contribution in [1.82, 2.24) is 9.97 Å². The molecular weight excluding hydrogens is 471 g/mol. The molecule has 0 fully saturated rings. The zero-order valence-corrected chi connectivity index (χ0v) is 21.4. The van der Waals surface area contributed by atoms with Crippen molar-refractivity contribution in [3.8, 4) is 0 Å². The smallest absolute Gasteiger partial charge is 0.0559 e. The highest BCUT2D eigenvalue weighted by molar-refractivity contribution is 6.37. The quantitative estimate of drug-likeness (QED) is 0.260. The van der Waals surface area contributed by atoms with Crippen molar-refractivity contribution >= 4 is 80.5 Å². The van der Waals surface area contributed by atoms with Crippen molar-refractivity contribution in [3.05, 3.63) is 120 Å². The van der Waals surface area contributed by atoms with Gasteiger partial charge in [-0.3, -0.25) is 0 Å². The van der Waals surface area contributed by atoms with Crippen LogP contribution in [0.15, 0.2) is 86.5 Å². The number of benzene rings is 1. The van der Waals surface area contributed by atoms with Crippen LogP contribution < -0.4 is 0 Å². The van der Waals surface area contributed by atoms with Crippen molar-refractivity contribution in [1.29, 1.82) is 0 Å². The lowest BCUT2D eigenvalue weighted by molar-refractivity contribution is 1.41. The number of allylic oxidation sites excluding steroid dienone is 9. The Hall–Kier alpha value is -3.72. The molecule has 35 heavy (non-hydrogen) atoms. The highest BCUT2D eigenvalue weighted by atomic mass is 35.5. The summed E-state index contributed by atoms with van der Waals surface area (Å²) in [5, 5.41) is 2.74. The number of halogens is 2. The van der Waals surface area contributed by atoms with Crippen LogP contribution in [0.3, 0.4) is 0 Å². The Bertz CT molecular complexity index is 1490. The minimum atomic E-state index is 0.470. The van der Waals surface area contributed by atoms with Crippen molar-refractivity contribution in [2.24, 2.45) is 0 Å². The number of aromatic amines is 2. The monoisotopic (exact) mass is 498 g/mol. The molecule has 0 aliphatic carbocycles. The fourth-order valence-corrected chi connectivity index (χ4v) is 4.83. The van der Waals surface area contributed by atoms with Gasteiger partial charge in [-0.1, -0.05) is 112 Å². The van der Waals surface area contributed by atoms with Crippen molar-refractivity contribution in [2.75, 3.05) is 0 Å². The maximum Gasteiger partial charge on any atom is 0.0559 e. The molecule has 176 valence electrons. The molecule has 0 saturated heterocycles. The molecule has 2 aromatic heterocycles. The minimum Gasteiger partial charge on any atom is -0.354 e. The molecule has 0 aliphatic heterocycles. The molecule has 3 rings (SSSR count). The molecule has 2 nitrogen and oxygen atoms in total. The molecule has 0 bridgehead atoms. The predicted molar refractivity (Wildman–Crippen MR) is 161 cm³/mol. The normalized spacial score (nSPS) is 12.9. The van der Waals surface area contributed by atoms with E-state index in [0.717, 1.165) is 66.6 Å². The largest absolute Gasteiger partial charge is 0.354 e. The van der Waals surface area contributed by atoms with E-state index in [-0.39, 0.29) is 0 Å². The van der Waals surface area contributed by atoms with Gasteiger partial charge in [0.1, 0.15) is 0 Å². The summed E-state index contributed by atoms with van der Waals surface area (Å²) in [5.41, 5.74) is 8.34. The first-order valence-corrected chi connectivity index (χ1v) is 11.7. The van der Waals surface area contributed by atoms with Crippen molar-refractivity contribution in [2.45, 2.75) is 6.92 Å². The molecule has 3 aromatic rings. The molecular formula is C31H28Cl2N2. The summed E-state index contributed by atoms with van der Waals surface area (Å²) in [6.07, 6.45) is 16.0. The molecule has 0 unspecified atom stereocenters. The highest BCUT2D eigenvalue weighted by Crippen LogP contribution is 2.47. The SMILES string of the molecule is C=C/C(Cl)=C(\C=C)c1c2[nH]c(/C=C\C)c(C=C)c2c(/C(C=C)=C(\Cl)C=C)c2[nH]c(C=C)c(C=C)c12. The average molecular weight is 499 g/mol. The van der Waals surface area contributed by atoms with E-state index in [1.165, 1.54) is 0 Å². The lowest BCUT2D eigenvalue weighted by atomic mass is 9.88. The van der Waals surface area contributed by atoms with Gasteiger partial charge in [-0.2, -0.15) is 0 Å². The first-order chi connectivity index (χ1) is 16.9. The van der Waals surface area contributed by atoms with Gasteiger partial charge in [-0.05, 0) is 19.1 Å². The summed E-state index contributed by atoms with van der Waals surface area (Å²) in [4.78, 5) is 7.12. The first kappa shape index (κ1) is 25.9. The maximum atomic E-state index is 6.67. The molecule has 0 amide bonds. The number of fused-ring (bicyclic) bond motifs is 2. The van der Waals surface area contributed by atoms with Gasteiger partial charge in [0.2, 0.25) is 0 Å². The van der Waals surface area contributed by atoms with E-state index in [9.17, 15) is 0 Å². The second-order valence-corrected chi connectivity index (χ2v) is 8.42. The van der Waals surface area contributed by atoms with E-state index in [1.54, 1.807) is 36.5 Å². The molecule has 2 heterocycles. The highest BCUT2D eigenvalue weighted by Gasteiger charge is 2.27. The van der Waals surface area contributed by atoms with E-state index in [2.05, 4.69) is 56.0 Å². The fourth-order valence-electron chi connectivity index (χ4n) is 4.49. The average Bonchev–Trinajstić information content (AvgIpc) is 3.43. The molecule has 2 N–H and O–H groups in total. The van der Waals surface area contributed by atoms with Gasteiger partial charge in [0.15, 0.2) is 0 Å². The lowest BCUT2D eigenvalue weighted by Gasteiger charge is -2.16. The molecule has 0 radical (unpaired) electrons. The molecule has 0 saturated carbocycles. The van der Waals surface area contributed by atoms with Crippen LogP contribution in [0.25, 0.3) is 57.3 Å². The summed E-state index contributed by atoms with van der Waals surface area (Å²) < 4.78 is 0. The Kier molecular flexibility index (Phi) is 7.91. The summed E-state index contributed by atoms with van der Waals surface area (Å²) in [7, 11) is 0. The van der Waals surface area contributed by atoms with Crippen LogP contribution in [0.2, 0.25) is 0 Å². The topological polar surface area (TPSA) is 31.6 Å². The zero-order chi connectivity index (χ0) is 25.9. The van der Waals surface area contributed by atoms with E-state index >= 15 is 0 Å². The van der Waals surface area contributed by atoms with Gasteiger partial charge in [0.05, 0.1) is 11.0 Å². The molecule has 0 spiro atoms. The first-order valence-electron chi connectivity index (χ1n) is 11.0. The third-order valence-corrected chi connectivity index (χ3v) is 6.62. The number of hydrogen-bond donors (Lipinski definition) is 2. The van der Waals surface area contributed by atoms with Crippen LogP contribution in [0.5, 0.6) is 0 Å². The third kappa shape index (κ3) is 4.05. The number of hydrogen-bond acceptors (Lipinski definition) is 0. The Morgan fingerprint density at radius 3 is 1.40 bits per heavy atom. The molecule has 4 heteroatoms. The number of aromatic nitrogens is 2. The molecule has 1 aromatic carbocycles. The summed E-state index contributed by atoms with van der Waals surface area (Å²) in [6, 6.07) is 0. The van der Waals surface area contributed by atoms with Gasteiger partial charge < -0.3 is 9.97 Å². The maximum absolute atomic E-state index is 6.67.